The molecule has 0 saturated heterocycles. The quantitative estimate of drug-likeness (QED) is 0.274. The first-order valence-corrected chi connectivity index (χ1v) is 9.31. The first kappa shape index (κ1) is 22.5. The SMILES string of the molecule is CCOc1ccc(C(=O)[C@@H](C)OC(=O)CCNC(=O)c2ccc([N+](=O)[O-])cc2)cc1. The van der Waals surface area contributed by atoms with Gasteiger partial charge < -0.3 is 14.8 Å². The number of ketones is 1. The average Bonchev–Trinajstić information content (AvgIpc) is 2.74. The van der Waals surface area contributed by atoms with Crippen molar-refractivity contribution in [2.75, 3.05) is 13.2 Å². The highest BCUT2D eigenvalue weighted by atomic mass is 16.6. The minimum absolute atomic E-state index is 0.00137. The van der Waals surface area contributed by atoms with Gasteiger partial charge in [-0.15, -0.1) is 0 Å². The first-order chi connectivity index (χ1) is 14.3. The zero-order chi connectivity index (χ0) is 22.1. The largest absolute Gasteiger partial charge is 0.494 e. The molecule has 1 N–H and O–H groups in total. The average molecular weight is 414 g/mol. The van der Waals surface area contributed by atoms with Crippen LogP contribution in [-0.2, 0) is 9.53 Å². The Kier molecular flexibility index (Phi) is 8.04. The van der Waals surface area contributed by atoms with Crippen LogP contribution in [0.5, 0.6) is 5.75 Å². The molecule has 0 bridgehead atoms. The Hall–Kier alpha value is -3.75. The number of rotatable bonds is 10. The fraction of sp³-hybridized carbons (Fsp3) is 0.286. The molecule has 2 aromatic rings. The molecule has 2 aromatic carbocycles. The second-order valence-corrected chi connectivity index (χ2v) is 6.26. The molecule has 0 saturated carbocycles. The number of non-ortho nitro benzene ring substituents is 1. The van der Waals surface area contributed by atoms with Gasteiger partial charge >= 0.3 is 5.97 Å². The highest BCUT2D eigenvalue weighted by molar-refractivity contribution is 6.00. The summed E-state index contributed by atoms with van der Waals surface area (Å²) in [5.41, 5.74) is 0.500. The molecule has 0 unspecified atom stereocenters. The highest BCUT2D eigenvalue weighted by Crippen LogP contribution is 2.15. The van der Waals surface area contributed by atoms with Crippen LogP contribution in [0.2, 0.25) is 0 Å². The minimum Gasteiger partial charge on any atom is -0.494 e. The van der Waals surface area contributed by atoms with Crippen LogP contribution in [0.15, 0.2) is 48.5 Å². The summed E-state index contributed by atoms with van der Waals surface area (Å²) in [7, 11) is 0. The second kappa shape index (κ2) is 10.7. The second-order valence-electron chi connectivity index (χ2n) is 6.26. The van der Waals surface area contributed by atoms with Crippen LogP contribution in [0.4, 0.5) is 5.69 Å². The van der Waals surface area contributed by atoms with Crippen molar-refractivity contribution in [3.05, 3.63) is 69.8 Å². The summed E-state index contributed by atoms with van der Waals surface area (Å²) in [4.78, 5) is 46.4. The summed E-state index contributed by atoms with van der Waals surface area (Å²) < 4.78 is 10.4. The molecule has 2 rings (SSSR count). The van der Waals surface area contributed by atoms with Crippen molar-refractivity contribution in [3.63, 3.8) is 0 Å². The summed E-state index contributed by atoms with van der Waals surface area (Å²) in [5.74, 6) is -0.814. The number of amides is 1. The monoisotopic (exact) mass is 414 g/mol. The molecule has 0 aliphatic heterocycles. The van der Waals surface area contributed by atoms with Crippen molar-refractivity contribution in [2.24, 2.45) is 0 Å². The van der Waals surface area contributed by atoms with E-state index in [-0.39, 0.29) is 30.0 Å². The maximum atomic E-state index is 12.4. The normalized spacial score (nSPS) is 11.3. The van der Waals surface area contributed by atoms with E-state index >= 15 is 0 Å². The number of nitro groups is 1. The molecule has 1 atom stereocenters. The lowest BCUT2D eigenvalue weighted by molar-refractivity contribution is -0.384. The van der Waals surface area contributed by atoms with Gasteiger partial charge in [-0.25, -0.2) is 0 Å². The maximum absolute atomic E-state index is 12.4. The van der Waals surface area contributed by atoms with E-state index in [1.165, 1.54) is 31.2 Å². The van der Waals surface area contributed by atoms with Crippen LogP contribution in [-0.4, -0.2) is 41.8 Å². The van der Waals surface area contributed by atoms with Crippen molar-refractivity contribution in [2.45, 2.75) is 26.4 Å². The first-order valence-electron chi connectivity index (χ1n) is 9.31. The molecule has 9 heteroatoms. The van der Waals surface area contributed by atoms with Crippen LogP contribution < -0.4 is 10.1 Å². The number of Topliss-reactive ketones (excluding diaryl/α,β-unsaturated/α-hetero) is 1. The molecule has 0 aliphatic carbocycles. The summed E-state index contributed by atoms with van der Waals surface area (Å²) >= 11 is 0. The number of carbonyl (C=O) groups is 3. The topological polar surface area (TPSA) is 125 Å². The third-order valence-electron chi connectivity index (χ3n) is 4.08. The summed E-state index contributed by atoms with van der Waals surface area (Å²) in [5, 5.41) is 13.1. The van der Waals surface area contributed by atoms with Crippen LogP contribution in [0.3, 0.4) is 0 Å². The van der Waals surface area contributed by atoms with Gasteiger partial charge in [-0.2, -0.15) is 0 Å². The van der Waals surface area contributed by atoms with Crippen molar-refractivity contribution in [1.82, 2.24) is 5.32 Å². The van der Waals surface area contributed by atoms with E-state index in [2.05, 4.69) is 5.32 Å². The third-order valence-corrected chi connectivity index (χ3v) is 4.08. The molecule has 0 heterocycles. The van der Waals surface area contributed by atoms with Crippen LogP contribution >= 0.6 is 0 Å². The molecule has 30 heavy (non-hydrogen) atoms. The number of nitrogens with one attached hydrogen (secondary N) is 1. The van der Waals surface area contributed by atoms with Gasteiger partial charge in [0, 0.05) is 29.8 Å². The number of esters is 1. The number of hydrogen-bond acceptors (Lipinski definition) is 7. The Labute approximate surface area is 173 Å². The Morgan fingerprint density at radius 3 is 2.20 bits per heavy atom. The third kappa shape index (κ3) is 6.40. The lowest BCUT2D eigenvalue weighted by Crippen LogP contribution is -2.29. The summed E-state index contributed by atoms with van der Waals surface area (Å²) in [6.45, 7) is 3.85. The molecule has 9 nitrogen and oxygen atoms in total. The van der Waals surface area contributed by atoms with E-state index < -0.39 is 22.9 Å². The van der Waals surface area contributed by atoms with Gasteiger partial charge in [0.15, 0.2) is 6.10 Å². The fourth-order valence-corrected chi connectivity index (χ4v) is 2.54. The van der Waals surface area contributed by atoms with Gasteiger partial charge in [-0.05, 0) is 50.2 Å². The number of benzene rings is 2. The van der Waals surface area contributed by atoms with Crippen LogP contribution in [0.25, 0.3) is 0 Å². The smallest absolute Gasteiger partial charge is 0.308 e. The van der Waals surface area contributed by atoms with Gasteiger partial charge in [0.2, 0.25) is 5.78 Å². The lowest BCUT2D eigenvalue weighted by Gasteiger charge is -2.13. The molecule has 0 aromatic heterocycles. The molecule has 0 radical (unpaired) electrons. The van der Waals surface area contributed by atoms with E-state index in [4.69, 9.17) is 9.47 Å². The molecule has 0 aliphatic rings. The van der Waals surface area contributed by atoms with Crippen molar-refractivity contribution >= 4 is 23.3 Å². The van der Waals surface area contributed by atoms with E-state index in [0.717, 1.165) is 0 Å². The van der Waals surface area contributed by atoms with E-state index in [1.54, 1.807) is 24.3 Å². The number of nitro benzene ring substituents is 1. The Morgan fingerprint density at radius 1 is 1.03 bits per heavy atom. The van der Waals surface area contributed by atoms with Crippen molar-refractivity contribution in [3.8, 4) is 5.75 Å². The highest BCUT2D eigenvalue weighted by Gasteiger charge is 2.19. The predicted octanol–water partition coefficient (Wildman–Crippen LogP) is 2.93. The molecule has 0 spiro atoms. The zero-order valence-electron chi connectivity index (χ0n) is 16.6. The Morgan fingerprint density at radius 2 is 1.63 bits per heavy atom. The predicted molar refractivity (Wildman–Crippen MR) is 108 cm³/mol. The van der Waals surface area contributed by atoms with E-state index in [0.29, 0.717) is 17.9 Å². The van der Waals surface area contributed by atoms with E-state index in [9.17, 15) is 24.5 Å². The molecule has 0 fully saturated rings. The van der Waals surface area contributed by atoms with Crippen LogP contribution in [0.1, 0.15) is 41.0 Å². The number of ether oxygens (including phenoxy) is 2. The van der Waals surface area contributed by atoms with Crippen molar-refractivity contribution in [1.29, 1.82) is 0 Å². The molecule has 1 amide bonds. The van der Waals surface area contributed by atoms with Gasteiger partial charge in [0.1, 0.15) is 5.75 Å². The summed E-state index contributed by atoms with van der Waals surface area (Å²) in [6.07, 6.45) is -1.10. The summed E-state index contributed by atoms with van der Waals surface area (Å²) in [6, 6.07) is 11.6. The minimum atomic E-state index is -0.971. The Bertz CT molecular complexity index is 908. The van der Waals surface area contributed by atoms with Gasteiger partial charge in [-0.3, -0.25) is 24.5 Å². The zero-order valence-corrected chi connectivity index (χ0v) is 16.6. The maximum Gasteiger partial charge on any atom is 0.308 e. The molecular weight excluding hydrogens is 392 g/mol. The standard InChI is InChI=1S/C21H22N2O7/c1-3-29-18-10-6-15(7-11-18)20(25)14(2)30-19(24)12-13-22-21(26)16-4-8-17(9-5-16)23(27)28/h4-11,14H,3,12-13H2,1-2H3,(H,22,26)/t14-/m1/s1. The molecule has 158 valence electrons. The number of hydrogen-bond donors (Lipinski definition) is 1. The fourth-order valence-electron chi connectivity index (χ4n) is 2.54. The molecular formula is C21H22N2O7. The van der Waals surface area contributed by atoms with E-state index in [1.807, 2.05) is 6.92 Å². The van der Waals surface area contributed by atoms with Gasteiger partial charge in [0.25, 0.3) is 11.6 Å². The van der Waals surface area contributed by atoms with Gasteiger partial charge in [0.05, 0.1) is 18.0 Å². The Balaban J connectivity index is 1.78. The lowest BCUT2D eigenvalue weighted by atomic mass is 10.1. The van der Waals surface area contributed by atoms with Gasteiger partial charge in [-0.1, -0.05) is 0 Å². The van der Waals surface area contributed by atoms with Crippen LogP contribution in [0, 0.1) is 10.1 Å². The van der Waals surface area contributed by atoms with Crippen molar-refractivity contribution < 1.29 is 28.8 Å². The number of carbonyl (C=O) groups excluding carboxylic acids is 3. The number of nitrogens with zero attached hydrogens (tertiary/aromatic N) is 1.